The molecule has 0 aliphatic rings. The second kappa shape index (κ2) is 8.64. The van der Waals surface area contributed by atoms with Gasteiger partial charge in [-0.05, 0) is 38.6 Å². The van der Waals surface area contributed by atoms with Crippen LogP contribution in [-0.4, -0.2) is 40.0 Å². The maximum Gasteiger partial charge on any atom is 0.338 e. The number of hydrogen-bond donors (Lipinski definition) is 2. The largest absolute Gasteiger partial charge is 0.452 e. The van der Waals surface area contributed by atoms with E-state index in [-0.39, 0.29) is 16.5 Å². The molecule has 8 heteroatoms. The van der Waals surface area contributed by atoms with Gasteiger partial charge in [0.1, 0.15) is 0 Å². The Hall–Kier alpha value is -1.93. The van der Waals surface area contributed by atoms with Gasteiger partial charge >= 0.3 is 5.97 Å². The molecule has 0 unspecified atom stereocenters. The van der Waals surface area contributed by atoms with Crippen molar-refractivity contribution in [3.63, 3.8) is 0 Å². The summed E-state index contributed by atoms with van der Waals surface area (Å²) in [5.41, 5.74) is 0.0655. The van der Waals surface area contributed by atoms with Gasteiger partial charge in [0, 0.05) is 6.04 Å². The predicted octanol–water partition coefficient (Wildman–Crippen LogP) is 1.06. The maximum absolute atomic E-state index is 11.9. The van der Waals surface area contributed by atoms with Crippen LogP contribution in [0.4, 0.5) is 0 Å². The van der Waals surface area contributed by atoms with Crippen molar-refractivity contribution in [1.82, 2.24) is 10.0 Å². The Labute approximate surface area is 136 Å². The maximum atomic E-state index is 11.9. The van der Waals surface area contributed by atoms with Crippen molar-refractivity contribution in [2.45, 2.75) is 37.6 Å². The first-order chi connectivity index (χ1) is 10.8. The van der Waals surface area contributed by atoms with Gasteiger partial charge in [0.2, 0.25) is 10.0 Å². The van der Waals surface area contributed by atoms with Crippen LogP contribution in [0, 0.1) is 0 Å². The van der Waals surface area contributed by atoms with Crippen LogP contribution in [0.3, 0.4) is 0 Å². The molecule has 0 spiro atoms. The van der Waals surface area contributed by atoms with E-state index in [1.54, 1.807) is 0 Å². The summed E-state index contributed by atoms with van der Waals surface area (Å²) in [6.45, 7) is 3.47. The lowest BCUT2D eigenvalue weighted by atomic mass is 10.2. The molecule has 0 aliphatic heterocycles. The van der Waals surface area contributed by atoms with Crippen LogP contribution in [0.2, 0.25) is 0 Å². The average Bonchev–Trinajstić information content (AvgIpc) is 2.52. The molecule has 0 radical (unpaired) electrons. The predicted molar refractivity (Wildman–Crippen MR) is 85.5 cm³/mol. The number of nitrogens with one attached hydrogen (secondary N) is 2. The second-order valence-electron chi connectivity index (χ2n) is 5.07. The molecule has 0 aromatic heterocycles. The van der Waals surface area contributed by atoms with E-state index >= 15 is 0 Å². The molecule has 0 heterocycles. The zero-order chi connectivity index (χ0) is 17.5. The van der Waals surface area contributed by atoms with Gasteiger partial charge in [-0.2, -0.15) is 0 Å². The SMILES string of the molecule is CCC[C@H](C)NC(=O)COC(=O)c1cccc(S(=O)(=O)NC)c1. The molecule has 0 aliphatic carbocycles. The van der Waals surface area contributed by atoms with Gasteiger partial charge in [0.15, 0.2) is 6.61 Å². The highest BCUT2D eigenvalue weighted by Crippen LogP contribution is 2.12. The molecule has 7 nitrogen and oxygen atoms in total. The highest BCUT2D eigenvalue weighted by molar-refractivity contribution is 7.89. The summed E-state index contributed by atoms with van der Waals surface area (Å²) in [6, 6.07) is 5.43. The Bertz CT molecular complexity index is 658. The van der Waals surface area contributed by atoms with E-state index in [0.717, 1.165) is 12.8 Å². The minimum Gasteiger partial charge on any atom is -0.452 e. The number of ether oxygens (including phenoxy) is 1. The molecule has 0 bridgehead atoms. The van der Waals surface area contributed by atoms with Gasteiger partial charge in [-0.3, -0.25) is 4.79 Å². The third-order valence-electron chi connectivity index (χ3n) is 3.11. The number of carbonyl (C=O) groups excluding carboxylic acids is 2. The molecule has 1 rings (SSSR count). The highest BCUT2D eigenvalue weighted by atomic mass is 32.2. The van der Waals surface area contributed by atoms with E-state index < -0.39 is 28.5 Å². The molecule has 0 saturated heterocycles. The average molecular weight is 342 g/mol. The molecular formula is C15H22N2O5S. The topological polar surface area (TPSA) is 102 Å². The molecule has 1 amide bonds. The lowest BCUT2D eigenvalue weighted by Gasteiger charge is -2.12. The van der Waals surface area contributed by atoms with E-state index in [2.05, 4.69) is 10.0 Å². The Morgan fingerprint density at radius 1 is 1.30 bits per heavy atom. The number of hydrogen-bond acceptors (Lipinski definition) is 5. The van der Waals surface area contributed by atoms with Crippen LogP contribution < -0.4 is 10.0 Å². The summed E-state index contributed by atoms with van der Waals surface area (Å²) in [5.74, 6) is -1.14. The molecular weight excluding hydrogens is 320 g/mol. The molecule has 23 heavy (non-hydrogen) atoms. The van der Waals surface area contributed by atoms with Crippen molar-refractivity contribution in [2.75, 3.05) is 13.7 Å². The summed E-state index contributed by atoms with van der Waals surface area (Å²) in [5, 5.41) is 2.71. The standard InChI is InChI=1S/C15H22N2O5S/c1-4-6-11(2)17-14(18)10-22-15(19)12-7-5-8-13(9-12)23(20,21)16-3/h5,7-9,11,16H,4,6,10H2,1-3H3,(H,17,18)/t11-/m0/s1. The number of amides is 1. The van der Waals surface area contributed by atoms with Gasteiger partial charge in [0.05, 0.1) is 10.5 Å². The number of rotatable bonds is 8. The number of sulfonamides is 1. The Kier molecular flexibility index (Phi) is 7.18. The summed E-state index contributed by atoms with van der Waals surface area (Å²) >= 11 is 0. The quantitative estimate of drug-likeness (QED) is 0.688. The summed E-state index contributed by atoms with van der Waals surface area (Å²) in [4.78, 5) is 23.5. The third-order valence-corrected chi connectivity index (χ3v) is 4.52. The molecule has 1 aromatic rings. The lowest BCUT2D eigenvalue weighted by Crippen LogP contribution is -2.35. The minimum absolute atomic E-state index is 0.00954. The Morgan fingerprint density at radius 3 is 2.61 bits per heavy atom. The first-order valence-corrected chi connectivity index (χ1v) is 8.78. The molecule has 0 saturated carbocycles. The number of carbonyl (C=O) groups is 2. The highest BCUT2D eigenvalue weighted by Gasteiger charge is 2.16. The number of benzene rings is 1. The van der Waals surface area contributed by atoms with Gasteiger partial charge in [0.25, 0.3) is 5.91 Å². The molecule has 0 fully saturated rings. The van der Waals surface area contributed by atoms with Crippen molar-refractivity contribution in [3.05, 3.63) is 29.8 Å². The van der Waals surface area contributed by atoms with E-state index in [4.69, 9.17) is 4.74 Å². The molecule has 1 aromatic carbocycles. The minimum atomic E-state index is -3.64. The van der Waals surface area contributed by atoms with Crippen LogP contribution in [0.5, 0.6) is 0 Å². The van der Waals surface area contributed by atoms with Crippen molar-refractivity contribution in [3.8, 4) is 0 Å². The number of esters is 1. The third kappa shape index (κ3) is 5.99. The fourth-order valence-corrected chi connectivity index (χ4v) is 2.72. The van der Waals surface area contributed by atoms with Crippen molar-refractivity contribution in [1.29, 1.82) is 0 Å². The Morgan fingerprint density at radius 2 is 2.00 bits per heavy atom. The van der Waals surface area contributed by atoms with Crippen molar-refractivity contribution < 1.29 is 22.7 Å². The van der Waals surface area contributed by atoms with Crippen LogP contribution in [0.15, 0.2) is 29.2 Å². The van der Waals surface area contributed by atoms with Crippen molar-refractivity contribution >= 4 is 21.9 Å². The summed E-state index contributed by atoms with van der Waals surface area (Å²) in [7, 11) is -2.36. The Balaban J connectivity index is 2.66. The van der Waals surface area contributed by atoms with Crippen molar-refractivity contribution in [2.24, 2.45) is 0 Å². The second-order valence-corrected chi connectivity index (χ2v) is 6.96. The summed E-state index contributed by atoms with van der Waals surface area (Å²) < 4.78 is 30.5. The van der Waals surface area contributed by atoms with E-state index in [1.807, 2.05) is 13.8 Å². The van der Waals surface area contributed by atoms with Gasteiger partial charge in [-0.1, -0.05) is 19.4 Å². The normalized spacial score (nSPS) is 12.5. The van der Waals surface area contributed by atoms with Gasteiger partial charge in [-0.15, -0.1) is 0 Å². The zero-order valence-corrected chi connectivity index (χ0v) is 14.3. The first kappa shape index (κ1) is 19.1. The van der Waals surface area contributed by atoms with Gasteiger partial charge < -0.3 is 10.1 Å². The fraction of sp³-hybridized carbons (Fsp3) is 0.467. The molecule has 1 atom stereocenters. The van der Waals surface area contributed by atoms with Crippen LogP contribution >= 0.6 is 0 Å². The molecule has 2 N–H and O–H groups in total. The van der Waals surface area contributed by atoms with Crippen LogP contribution in [0.25, 0.3) is 0 Å². The van der Waals surface area contributed by atoms with E-state index in [1.165, 1.54) is 31.3 Å². The molecule has 128 valence electrons. The first-order valence-electron chi connectivity index (χ1n) is 7.30. The fourth-order valence-electron chi connectivity index (χ4n) is 1.94. The summed E-state index contributed by atoms with van der Waals surface area (Å²) in [6.07, 6.45) is 1.78. The lowest BCUT2D eigenvalue weighted by molar-refractivity contribution is -0.124. The monoisotopic (exact) mass is 342 g/mol. The van der Waals surface area contributed by atoms with Crippen LogP contribution in [-0.2, 0) is 19.6 Å². The smallest absolute Gasteiger partial charge is 0.338 e. The van der Waals surface area contributed by atoms with Gasteiger partial charge in [-0.25, -0.2) is 17.9 Å². The zero-order valence-electron chi connectivity index (χ0n) is 13.5. The van der Waals surface area contributed by atoms with E-state index in [0.29, 0.717) is 0 Å². The van der Waals surface area contributed by atoms with E-state index in [9.17, 15) is 18.0 Å². The van der Waals surface area contributed by atoms with Crippen LogP contribution in [0.1, 0.15) is 37.0 Å².